The summed E-state index contributed by atoms with van der Waals surface area (Å²) in [7, 11) is 0. The van der Waals surface area contributed by atoms with Gasteiger partial charge in [0.15, 0.2) is 17.1 Å². The molecule has 0 unspecified atom stereocenters. The number of nitriles is 6. The van der Waals surface area contributed by atoms with Gasteiger partial charge in [-0.1, -0.05) is 0 Å². The summed E-state index contributed by atoms with van der Waals surface area (Å²) in [4.78, 5) is 16.0. The summed E-state index contributed by atoms with van der Waals surface area (Å²) >= 11 is 0. The summed E-state index contributed by atoms with van der Waals surface area (Å²) in [5.41, 5.74) is -1.23. The van der Waals surface area contributed by atoms with E-state index in [0.29, 0.717) is 0 Å². The van der Waals surface area contributed by atoms with E-state index in [-0.39, 0.29) is 67.0 Å². The van der Waals surface area contributed by atoms with Gasteiger partial charge in [0.25, 0.3) is 5.82 Å². The van der Waals surface area contributed by atoms with E-state index in [1.54, 1.807) is 18.2 Å². The lowest BCUT2D eigenvalue weighted by Gasteiger charge is -2.11. The summed E-state index contributed by atoms with van der Waals surface area (Å²) < 4.78 is 0. The van der Waals surface area contributed by atoms with Gasteiger partial charge in [0.2, 0.25) is 5.82 Å². The second-order valence-electron chi connectivity index (χ2n) is 5.56. The van der Waals surface area contributed by atoms with Crippen molar-refractivity contribution in [1.29, 1.82) is 31.6 Å². The molecule has 0 aliphatic carbocycles. The van der Waals surface area contributed by atoms with E-state index in [1.807, 2.05) is 18.2 Å². The first-order chi connectivity index (χ1) is 14.6. The fourth-order valence-electron chi connectivity index (χ4n) is 3.04. The zero-order valence-electron chi connectivity index (χ0n) is 14.4. The number of hydrogen-bond acceptors (Lipinski definition) is 12. The summed E-state index contributed by atoms with van der Waals surface area (Å²) in [5, 5.41) is 64.3. The van der Waals surface area contributed by atoms with Crippen LogP contribution in [-0.4, -0.2) is 30.1 Å². The molecule has 0 fully saturated rings. The van der Waals surface area contributed by atoms with E-state index >= 15 is 0 Å². The van der Waals surface area contributed by atoms with Crippen LogP contribution in [0.3, 0.4) is 0 Å². The number of hydrogen-bond donors (Lipinski definition) is 0. The Labute approximate surface area is 165 Å². The highest BCUT2D eigenvalue weighted by Gasteiger charge is 2.25. The van der Waals surface area contributed by atoms with E-state index in [2.05, 4.69) is 30.1 Å². The zero-order chi connectivity index (χ0) is 21.4. The molecule has 0 saturated heterocycles. The van der Waals surface area contributed by atoms with Crippen molar-refractivity contribution >= 4 is 32.7 Å². The molecule has 30 heavy (non-hydrogen) atoms. The minimum Gasteiger partial charge on any atom is -0.224 e. The Morgan fingerprint density at radius 2 is 1.07 bits per heavy atom. The molecule has 0 bridgehead atoms. The molecule has 12 nitrogen and oxygen atoms in total. The van der Waals surface area contributed by atoms with Gasteiger partial charge in [-0.25, -0.2) is 19.9 Å². The predicted octanol–water partition coefficient (Wildman–Crippen LogP) is 0.746. The SMILES string of the molecule is N#Cc1nnc2c(n1)c1c(C#N)nc(C#N)c(C#N)c1c1nc(C#N)nc(C#N)c21. The monoisotopic (exact) mass is 384 g/mol. The maximum Gasteiger partial charge on any atom is 0.253 e. The fraction of sp³-hybridized carbons (Fsp3) is 0. The number of fused-ring (bicyclic) bond motifs is 6. The topological polar surface area (TPSA) is 220 Å². The van der Waals surface area contributed by atoms with Crippen LogP contribution in [0, 0.1) is 68.0 Å². The molecule has 4 aromatic rings. The highest BCUT2D eigenvalue weighted by molar-refractivity contribution is 6.25. The van der Waals surface area contributed by atoms with Gasteiger partial charge in [0, 0.05) is 5.39 Å². The van der Waals surface area contributed by atoms with E-state index in [0.717, 1.165) is 0 Å². The Morgan fingerprint density at radius 3 is 1.67 bits per heavy atom. The second-order valence-corrected chi connectivity index (χ2v) is 5.56. The van der Waals surface area contributed by atoms with Gasteiger partial charge in [0.1, 0.15) is 47.4 Å². The van der Waals surface area contributed by atoms with Crippen LogP contribution in [0.2, 0.25) is 0 Å². The van der Waals surface area contributed by atoms with Gasteiger partial charge in [-0.15, -0.1) is 10.2 Å². The molecule has 0 aliphatic rings. The highest BCUT2D eigenvalue weighted by atomic mass is 15.2. The van der Waals surface area contributed by atoms with E-state index in [1.165, 1.54) is 0 Å². The maximum atomic E-state index is 9.70. The lowest BCUT2D eigenvalue weighted by Crippen LogP contribution is -2.05. The molecule has 4 rings (SSSR count). The highest BCUT2D eigenvalue weighted by Crippen LogP contribution is 2.37. The van der Waals surface area contributed by atoms with Crippen LogP contribution in [0.4, 0.5) is 0 Å². The Kier molecular flexibility index (Phi) is 3.76. The summed E-state index contributed by atoms with van der Waals surface area (Å²) in [6, 6.07) is 10.7. The molecule has 0 radical (unpaired) electrons. The van der Waals surface area contributed by atoms with Crippen molar-refractivity contribution in [2.24, 2.45) is 0 Å². The number of nitrogens with zero attached hydrogens (tertiary/aromatic N) is 12. The lowest BCUT2D eigenvalue weighted by molar-refractivity contribution is 0.994. The van der Waals surface area contributed by atoms with Crippen LogP contribution in [-0.2, 0) is 0 Å². The van der Waals surface area contributed by atoms with Crippen molar-refractivity contribution < 1.29 is 0 Å². The third-order valence-electron chi connectivity index (χ3n) is 4.13. The van der Waals surface area contributed by atoms with Gasteiger partial charge in [0.05, 0.1) is 21.9 Å². The molecule has 0 spiro atoms. The number of aromatic nitrogens is 6. The quantitative estimate of drug-likeness (QED) is 0.383. The predicted molar refractivity (Wildman–Crippen MR) is 94.0 cm³/mol. The van der Waals surface area contributed by atoms with Crippen LogP contribution in [0.15, 0.2) is 0 Å². The summed E-state index contributed by atoms with van der Waals surface area (Å²) in [5.74, 6) is -0.699. The smallest absolute Gasteiger partial charge is 0.224 e. The van der Waals surface area contributed by atoms with Gasteiger partial charge in [-0.3, -0.25) is 0 Å². The molecule has 0 amide bonds. The van der Waals surface area contributed by atoms with Crippen molar-refractivity contribution in [2.75, 3.05) is 0 Å². The van der Waals surface area contributed by atoms with E-state index in [9.17, 15) is 26.3 Å². The number of rotatable bonds is 0. The third-order valence-corrected chi connectivity index (χ3v) is 4.13. The van der Waals surface area contributed by atoms with Crippen LogP contribution in [0.25, 0.3) is 32.7 Å². The third kappa shape index (κ3) is 2.20. The molecule has 0 aliphatic heterocycles. The molecular formula is C18N12. The zero-order valence-corrected chi connectivity index (χ0v) is 14.4. The van der Waals surface area contributed by atoms with Gasteiger partial charge < -0.3 is 0 Å². The van der Waals surface area contributed by atoms with Crippen molar-refractivity contribution in [3.63, 3.8) is 0 Å². The summed E-state index contributed by atoms with van der Waals surface area (Å²) in [6.07, 6.45) is 0. The molecule has 3 aromatic heterocycles. The minimum atomic E-state index is -0.369. The largest absolute Gasteiger partial charge is 0.253 e. The Bertz CT molecular complexity index is 1710. The van der Waals surface area contributed by atoms with Crippen LogP contribution < -0.4 is 0 Å². The number of pyridine rings is 1. The first-order valence-corrected chi connectivity index (χ1v) is 7.78. The molecule has 3 heterocycles. The molecule has 0 saturated carbocycles. The average molecular weight is 384 g/mol. The minimum absolute atomic E-state index is 0.00608. The van der Waals surface area contributed by atoms with Crippen LogP contribution >= 0.6 is 0 Å². The average Bonchev–Trinajstić information content (AvgIpc) is 2.81. The van der Waals surface area contributed by atoms with Crippen molar-refractivity contribution in [3.8, 4) is 36.4 Å². The fourth-order valence-corrected chi connectivity index (χ4v) is 3.04. The molecular weight excluding hydrogens is 384 g/mol. The van der Waals surface area contributed by atoms with Crippen LogP contribution in [0.5, 0.6) is 0 Å². The van der Waals surface area contributed by atoms with Crippen molar-refractivity contribution in [3.05, 3.63) is 34.3 Å². The molecule has 12 heteroatoms. The van der Waals surface area contributed by atoms with Gasteiger partial charge in [-0.05, 0) is 0 Å². The Morgan fingerprint density at radius 1 is 0.433 bits per heavy atom. The first kappa shape index (κ1) is 17.6. The molecule has 132 valence electrons. The van der Waals surface area contributed by atoms with Crippen molar-refractivity contribution in [2.45, 2.75) is 0 Å². The van der Waals surface area contributed by atoms with E-state index < -0.39 is 0 Å². The van der Waals surface area contributed by atoms with Crippen LogP contribution in [0.1, 0.15) is 34.3 Å². The summed E-state index contributed by atoms with van der Waals surface area (Å²) in [6.45, 7) is 0. The Hall–Kier alpha value is -5.82. The number of benzene rings is 1. The molecule has 0 atom stereocenters. The molecule has 0 N–H and O–H groups in total. The van der Waals surface area contributed by atoms with Gasteiger partial charge >= 0.3 is 0 Å². The van der Waals surface area contributed by atoms with E-state index in [4.69, 9.17) is 5.26 Å². The van der Waals surface area contributed by atoms with Gasteiger partial charge in [-0.2, -0.15) is 31.6 Å². The first-order valence-electron chi connectivity index (χ1n) is 7.78. The Balaban J connectivity index is 2.56. The second kappa shape index (κ2) is 6.41. The normalized spacial score (nSPS) is 9.80. The molecule has 1 aromatic carbocycles. The van der Waals surface area contributed by atoms with Crippen molar-refractivity contribution in [1.82, 2.24) is 30.1 Å². The standard InChI is InChI=1S/C18N12/c19-1-7-8(2-20)25-9(3-21)14-13(7)16-15(10(4-22)26-11(5-23)27-16)18-17(14)28-12(6-24)29-30-18. The lowest BCUT2D eigenvalue weighted by atomic mass is 9.97. The maximum absolute atomic E-state index is 9.70.